The van der Waals surface area contributed by atoms with E-state index >= 15 is 0 Å². The first-order valence-electron chi connectivity index (χ1n) is 3.53. The molecule has 0 aliphatic rings. The number of nitriles is 1. The van der Waals surface area contributed by atoms with Crippen molar-refractivity contribution < 1.29 is 9.50 Å². The predicted octanol–water partition coefficient (Wildman–Crippen LogP) is 2.62. The summed E-state index contributed by atoms with van der Waals surface area (Å²) in [5.74, 6) is -1.13. The molecule has 1 heterocycles. The third kappa shape index (κ3) is 1.05. The lowest BCUT2D eigenvalue weighted by Crippen LogP contribution is -1.77. The van der Waals surface area contributed by atoms with Gasteiger partial charge in [0, 0.05) is 10.1 Å². The molecule has 4 heteroatoms. The number of hydrogen-bond donors (Lipinski definition) is 1. The summed E-state index contributed by atoms with van der Waals surface area (Å²) >= 11 is 1.31. The number of thiophene rings is 1. The SMILES string of the molecule is N#Cc1csc2ccc(F)c(O)c12. The summed E-state index contributed by atoms with van der Waals surface area (Å²) in [6, 6.07) is 4.64. The number of nitrogens with zero attached hydrogens (tertiary/aromatic N) is 1. The molecule has 0 saturated carbocycles. The van der Waals surface area contributed by atoms with Crippen molar-refractivity contribution in [3.63, 3.8) is 0 Å². The van der Waals surface area contributed by atoms with Gasteiger partial charge in [0.15, 0.2) is 11.6 Å². The average Bonchev–Trinajstić information content (AvgIpc) is 2.55. The van der Waals surface area contributed by atoms with Crippen molar-refractivity contribution in [1.82, 2.24) is 0 Å². The van der Waals surface area contributed by atoms with E-state index in [2.05, 4.69) is 0 Å². The molecule has 13 heavy (non-hydrogen) atoms. The molecule has 2 aromatic rings. The summed E-state index contributed by atoms with van der Waals surface area (Å²) in [5, 5.41) is 19.9. The first-order chi connectivity index (χ1) is 6.24. The Kier molecular flexibility index (Phi) is 1.67. The lowest BCUT2D eigenvalue weighted by Gasteiger charge is -1.96. The van der Waals surface area contributed by atoms with Crippen LogP contribution in [0.25, 0.3) is 10.1 Å². The van der Waals surface area contributed by atoms with Crippen molar-refractivity contribution in [1.29, 1.82) is 5.26 Å². The van der Waals surface area contributed by atoms with Gasteiger partial charge in [-0.3, -0.25) is 0 Å². The molecule has 0 unspecified atom stereocenters. The minimum absolute atomic E-state index is 0.313. The Hall–Kier alpha value is -1.60. The van der Waals surface area contributed by atoms with E-state index in [9.17, 15) is 9.50 Å². The quantitative estimate of drug-likeness (QED) is 0.698. The molecule has 64 valence electrons. The van der Waals surface area contributed by atoms with Crippen LogP contribution in [0.15, 0.2) is 17.5 Å². The van der Waals surface area contributed by atoms with E-state index < -0.39 is 11.6 Å². The van der Waals surface area contributed by atoms with Gasteiger partial charge in [-0.05, 0) is 12.1 Å². The van der Waals surface area contributed by atoms with E-state index in [-0.39, 0.29) is 0 Å². The van der Waals surface area contributed by atoms with Crippen LogP contribution in [0.2, 0.25) is 0 Å². The van der Waals surface area contributed by atoms with Gasteiger partial charge in [-0.25, -0.2) is 4.39 Å². The summed E-state index contributed by atoms with van der Waals surface area (Å²) in [4.78, 5) is 0. The van der Waals surface area contributed by atoms with Crippen LogP contribution < -0.4 is 0 Å². The molecular formula is C9H4FNOS. The zero-order valence-corrected chi connectivity index (χ0v) is 7.23. The molecule has 0 spiro atoms. The Balaban J connectivity index is 2.95. The highest BCUT2D eigenvalue weighted by atomic mass is 32.1. The van der Waals surface area contributed by atoms with Crippen molar-refractivity contribution >= 4 is 21.4 Å². The number of hydrogen-bond acceptors (Lipinski definition) is 3. The van der Waals surface area contributed by atoms with Gasteiger partial charge in [0.2, 0.25) is 0 Å². The first-order valence-corrected chi connectivity index (χ1v) is 4.41. The molecule has 2 nitrogen and oxygen atoms in total. The molecule has 0 saturated heterocycles. The zero-order chi connectivity index (χ0) is 9.42. The Morgan fingerprint density at radius 2 is 2.23 bits per heavy atom. The molecule has 0 atom stereocenters. The van der Waals surface area contributed by atoms with Crippen LogP contribution in [0.1, 0.15) is 5.56 Å². The van der Waals surface area contributed by atoms with Gasteiger partial charge in [0.25, 0.3) is 0 Å². The molecule has 2 rings (SSSR count). The van der Waals surface area contributed by atoms with Gasteiger partial charge in [0.1, 0.15) is 6.07 Å². The molecule has 0 aliphatic heterocycles. The number of aromatic hydroxyl groups is 1. The molecule has 0 fully saturated rings. The summed E-state index contributed by atoms with van der Waals surface area (Å²) in [6.07, 6.45) is 0. The van der Waals surface area contributed by atoms with E-state index in [1.165, 1.54) is 17.4 Å². The predicted molar refractivity (Wildman–Crippen MR) is 48.2 cm³/mol. The van der Waals surface area contributed by atoms with Gasteiger partial charge in [-0.1, -0.05) is 0 Å². The largest absolute Gasteiger partial charge is 0.504 e. The van der Waals surface area contributed by atoms with E-state index in [1.807, 2.05) is 6.07 Å². The second-order valence-corrected chi connectivity index (χ2v) is 3.44. The van der Waals surface area contributed by atoms with Crippen molar-refractivity contribution in [2.45, 2.75) is 0 Å². The molecule has 0 bridgehead atoms. The van der Waals surface area contributed by atoms with Crippen LogP contribution >= 0.6 is 11.3 Å². The molecule has 0 radical (unpaired) electrons. The van der Waals surface area contributed by atoms with Crippen LogP contribution in [-0.4, -0.2) is 5.11 Å². The molecule has 1 aromatic heterocycles. The lowest BCUT2D eigenvalue weighted by atomic mass is 10.1. The summed E-state index contributed by atoms with van der Waals surface area (Å²) in [6.45, 7) is 0. The molecule has 0 aliphatic carbocycles. The summed E-state index contributed by atoms with van der Waals surface area (Å²) in [5.41, 5.74) is 0.317. The fraction of sp³-hybridized carbons (Fsp3) is 0. The van der Waals surface area contributed by atoms with Crippen molar-refractivity contribution in [2.75, 3.05) is 0 Å². The fourth-order valence-electron chi connectivity index (χ4n) is 1.17. The highest BCUT2D eigenvalue weighted by Gasteiger charge is 2.11. The van der Waals surface area contributed by atoms with Crippen LogP contribution in [0.5, 0.6) is 5.75 Å². The van der Waals surface area contributed by atoms with Gasteiger partial charge in [-0.15, -0.1) is 11.3 Å². The Bertz CT molecular complexity index is 512. The van der Waals surface area contributed by atoms with Crippen molar-refractivity contribution in [3.05, 3.63) is 28.9 Å². The number of rotatable bonds is 0. The van der Waals surface area contributed by atoms with Gasteiger partial charge >= 0.3 is 0 Å². The molecule has 1 aromatic carbocycles. The number of phenolic OH excluding ortho intramolecular Hbond substituents is 1. The number of fused-ring (bicyclic) bond motifs is 1. The smallest absolute Gasteiger partial charge is 0.165 e. The van der Waals surface area contributed by atoms with Gasteiger partial charge < -0.3 is 5.11 Å². The zero-order valence-electron chi connectivity index (χ0n) is 6.41. The highest BCUT2D eigenvalue weighted by Crippen LogP contribution is 2.34. The standard InChI is InChI=1S/C9H4FNOS/c10-6-1-2-7-8(9(6)12)5(3-11)4-13-7/h1-2,4,12H. The number of phenols is 1. The monoisotopic (exact) mass is 193 g/mol. The average molecular weight is 193 g/mol. The number of halogens is 1. The Morgan fingerprint density at radius 3 is 2.92 bits per heavy atom. The van der Waals surface area contributed by atoms with E-state index in [4.69, 9.17) is 5.26 Å². The maximum atomic E-state index is 12.9. The summed E-state index contributed by atoms with van der Waals surface area (Å²) in [7, 11) is 0. The maximum absolute atomic E-state index is 12.9. The van der Waals surface area contributed by atoms with E-state index in [1.54, 1.807) is 11.4 Å². The fourth-order valence-corrected chi connectivity index (χ4v) is 2.06. The van der Waals surface area contributed by atoms with Gasteiger partial charge in [0.05, 0.1) is 10.9 Å². The Labute approximate surface area is 77.5 Å². The first kappa shape index (κ1) is 8.02. The topological polar surface area (TPSA) is 44.0 Å². The van der Waals surface area contributed by atoms with Crippen LogP contribution in [0, 0.1) is 17.1 Å². The maximum Gasteiger partial charge on any atom is 0.165 e. The molecule has 1 N–H and O–H groups in total. The second kappa shape index (κ2) is 2.71. The molecule has 0 amide bonds. The summed E-state index contributed by atoms with van der Waals surface area (Å²) < 4.78 is 13.6. The van der Waals surface area contributed by atoms with Gasteiger partial charge in [-0.2, -0.15) is 5.26 Å². The van der Waals surface area contributed by atoms with Crippen LogP contribution in [-0.2, 0) is 0 Å². The Morgan fingerprint density at radius 1 is 1.46 bits per heavy atom. The third-order valence-electron chi connectivity index (χ3n) is 1.78. The minimum Gasteiger partial charge on any atom is -0.504 e. The van der Waals surface area contributed by atoms with Crippen molar-refractivity contribution in [3.8, 4) is 11.8 Å². The van der Waals surface area contributed by atoms with Crippen molar-refractivity contribution in [2.24, 2.45) is 0 Å². The van der Waals surface area contributed by atoms with E-state index in [0.717, 1.165) is 4.70 Å². The minimum atomic E-state index is -0.692. The second-order valence-electron chi connectivity index (χ2n) is 2.53. The number of benzene rings is 1. The normalized spacial score (nSPS) is 10.2. The van der Waals surface area contributed by atoms with Crippen LogP contribution in [0.3, 0.4) is 0 Å². The van der Waals surface area contributed by atoms with E-state index in [0.29, 0.717) is 10.9 Å². The molecular weight excluding hydrogens is 189 g/mol. The van der Waals surface area contributed by atoms with Crippen LogP contribution in [0.4, 0.5) is 4.39 Å². The third-order valence-corrected chi connectivity index (χ3v) is 2.73. The lowest BCUT2D eigenvalue weighted by molar-refractivity contribution is 0.439. The highest BCUT2D eigenvalue weighted by molar-refractivity contribution is 7.17.